The second kappa shape index (κ2) is 4.02. The van der Waals surface area contributed by atoms with E-state index in [1.54, 1.807) is 0 Å². The quantitative estimate of drug-likeness (QED) is 0.731. The van der Waals surface area contributed by atoms with Gasteiger partial charge in [0.15, 0.2) is 17.4 Å². The van der Waals surface area contributed by atoms with Crippen LogP contribution in [-0.4, -0.2) is 10.2 Å². The predicted molar refractivity (Wildman–Crippen MR) is 47.1 cm³/mol. The summed E-state index contributed by atoms with van der Waals surface area (Å²) in [6.07, 6.45) is 0.254. The molecular weight excluding hydrogens is 190 g/mol. The Balaban J connectivity index is 3.01. The minimum atomic E-state index is -2.14. The summed E-state index contributed by atoms with van der Waals surface area (Å²) >= 11 is 0. The molecule has 0 saturated carbocycles. The number of hydrogen-bond acceptors (Lipinski definition) is 2. The highest BCUT2D eigenvalue weighted by Crippen LogP contribution is 2.24. The lowest BCUT2D eigenvalue weighted by molar-refractivity contribution is -0.173. The Labute approximate surface area is 80.8 Å². The van der Waals surface area contributed by atoms with Gasteiger partial charge in [0.05, 0.1) is 0 Å². The van der Waals surface area contributed by atoms with Crippen LogP contribution < -0.4 is 0 Å². The third kappa shape index (κ3) is 2.27. The third-order valence-corrected chi connectivity index (χ3v) is 1.91. The van der Waals surface area contributed by atoms with E-state index in [0.717, 1.165) is 18.2 Å². The minimum Gasteiger partial charge on any atom is -0.362 e. The summed E-state index contributed by atoms with van der Waals surface area (Å²) < 4.78 is 25.3. The van der Waals surface area contributed by atoms with Gasteiger partial charge in [-0.25, -0.2) is 8.78 Å². The van der Waals surface area contributed by atoms with Crippen molar-refractivity contribution in [3.05, 3.63) is 42.3 Å². The van der Waals surface area contributed by atoms with Crippen LogP contribution >= 0.6 is 0 Å². The maximum Gasteiger partial charge on any atom is 0.189 e. The molecule has 1 aromatic rings. The zero-order valence-electron chi connectivity index (χ0n) is 7.50. The van der Waals surface area contributed by atoms with Crippen molar-refractivity contribution >= 4 is 0 Å². The maximum atomic E-state index is 12.7. The van der Waals surface area contributed by atoms with Gasteiger partial charge >= 0.3 is 0 Å². The van der Waals surface area contributed by atoms with E-state index in [4.69, 9.17) is 0 Å². The standard InChI is InChI=1S/C10H11F2O2/c1-2-5-10(13,14)7-3-4-8(11)9(12)6-7/h3-4,6,13-14H,1-2,5H2. The van der Waals surface area contributed by atoms with Crippen LogP contribution in [0.2, 0.25) is 0 Å². The molecule has 0 aliphatic carbocycles. The molecular formula is C10H11F2O2. The Morgan fingerprint density at radius 1 is 1.21 bits per heavy atom. The van der Waals surface area contributed by atoms with Gasteiger partial charge in [-0.15, -0.1) is 0 Å². The first-order chi connectivity index (χ1) is 6.47. The Hall–Kier alpha value is -1.00. The first-order valence-electron chi connectivity index (χ1n) is 4.17. The van der Waals surface area contributed by atoms with Crippen molar-refractivity contribution in [2.45, 2.75) is 18.6 Å². The molecule has 0 spiro atoms. The molecule has 0 saturated heterocycles. The molecule has 4 heteroatoms. The minimum absolute atomic E-state index is 0.0297. The van der Waals surface area contributed by atoms with E-state index in [9.17, 15) is 19.0 Å². The smallest absolute Gasteiger partial charge is 0.189 e. The Bertz CT molecular complexity index is 324. The number of hydrogen-bond donors (Lipinski definition) is 2. The van der Waals surface area contributed by atoms with E-state index in [1.807, 2.05) is 0 Å². The first-order valence-corrected chi connectivity index (χ1v) is 4.17. The predicted octanol–water partition coefficient (Wildman–Crippen LogP) is 1.72. The fourth-order valence-corrected chi connectivity index (χ4v) is 1.14. The largest absolute Gasteiger partial charge is 0.362 e. The lowest BCUT2D eigenvalue weighted by atomic mass is 10.0. The average molecular weight is 201 g/mol. The monoisotopic (exact) mass is 201 g/mol. The Morgan fingerprint density at radius 3 is 2.36 bits per heavy atom. The van der Waals surface area contributed by atoms with Gasteiger partial charge in [-0.3, -0.25) is 0 Å². The van der Waals surface area contributed by atoms with E-state index in [0.29, 0.717) is 0 Å². The van der Waals surface area contributed by atoms with Crippen molar-refractivity contribution in [3.63, 3.8) is 0 Å². The summed E-state index contributed by atoms with van der Waals surface area (Å²) in [6.45, 7) is 3.45. The van der Waals surface area contributed by atoms with Crippen LogP contribution in [-0.2, 0) is 5.79 Å². The molecule has 0 fully saturated rings. The van der Waals surface area contributed by atoms with Crippen molar-refractivity contribution in [1.29, 1.82) is 0 Å². The molecule has 0 bridgehead atoms. The lowest BCUT2D eigenvalue weighted by Crippen LogP contribution is -2.24. The fourth-order valence-electron chi connectivity index (χ4n) is 1.14. The van der Waals surface area contributed by atoms with Crippen LogP contribution in [0.1, 0.15) is 18.4 Å². The summed E-state index contributed by atoms with van der Waals surface area (Å²) in [5, 5.41) is 18.9. The van der Waals surface area contributed by atoms with E-state index < -0.39 is 17.4 Å². The van der Waals surface area contributed by atoms with Crippen molar-refractivity contribution in [3.8, 4) is 0 Å². The molecule has 0 aliphatic rings. The lowest BCUT2D eigenvalue weighted by Gasteiger charge is -2.21. The van der Waals surface area contributed by atoms with Crippen LogP contribution in [0.15, 0.2) is 18.2 Å². The third-order valence-electron chi connectivity index (χ3n) is 1.91. The summed E-state index contributed by atoms with van der Waals surface area (Å²) in [5.41, 5.74) is -0.0694. The molecule has 2 N–H and O–H groups in total. The fraction of sp³-hybridized carbons (Fsp3) is 0.300. The molecule has 2 nitrogen and oxygen atoms in total. The topological polar surface area (TPSA) is 40.5 Å². The van der Waals surface area contributed by atoms with Crippen LogP contribution in [0.3, 0.4) is 0 Å². The van der Waals surface area contributed by atoms with E-state index in [-0.39, 0.29) is 18.4 Å². The van der Waals surface area contributed by atoms with E-state index in [2.05, 4.69) is 6.92 Å². The van der Waals surface area contributed by atoms with Gasteiger partial charge in [-0.05, 0) is 18.6 Å². The summed E-state index contributed by atoms with van der Waals surface area (Å²) in [4.78, 5) is 0. The number of benzene rings is 1. The van der Waals surface area contributed by atoms with Crippen LogP contribution in [0.4, 0.5) is 8.78 Å². The van der Waals surface area contributed by atoms with Crippen molar-refractivity contribution in [2.75, 3.05) is 0 Å². The molecule has 14 heavy (non-hydrogen) atoms. The second-order valence-corrected chi connectivity index (χ2v) is 3.05. The summed E-state index contributed by atoms with van der Waals surface area (Å²) in [6, 6.07) is 2.76. The van der Waals surface area contributed by atoms with Gasteiger partial charge in [0.2, 0.25) is 0 Å². The molecule has 0 aromatic heterocycles. The number of aliphatic hydroxyl groups is 2. The molecule has 0 aliphatic heterocycles. The summed E-state index contributed by atoms with van der Waals surface area (Å²) in [7, 11) is 0. The SMILES string of the molecule is [CH2]CCC(O)(O)c1ccc(F)c(F)c1. The zero-order chi connectivity index (χ0) is 10.8. The van der Waals surface area contributed by atoms with Crippen LogP contribution in [0.5, 0.6) is 0 Å². The molecule has 1 radical (unpaired) electrons. The molecule has 0 atom stereocenters. The molecule has 1 rings (SSSR count). The molecule has 0 unspecified atom stereocenters. The molecule has 1 aromatic carbocycles. The number of rotatable bonds is 3. The normalized spacial score (nSPS) is 11.8. The van der Waals surface area contributed by atoms with Gasteiger partial charge in [0, 0.05) is 12.0 Å². The Morgan fingerprint density at radius 2 is 1.86 bits per heavy atom. The van der Waals surface area contributed by atoms with Gasteiger partial charge in [-0.2, -0.15) is 0 Å². The molecule has 0 amide bonds. The highest BCUT2D eigenvalue weighted by Gasteiger charge is 2.25. The summed E-state index contributed by atoms with van der Waals surface area (Å²) in [5.74, 6) is -4.26. The van der Waals surface area contributed by atoms with Gasteiger partial charge in [-0.1, -0.05) is 13.0 Å². The highest BCUT2D eigenvalue weighted by molar-refractivity contribution is 5.21. The second-order valence-electron chi connectivity index (χ2n) is 3.05. The zero-order valence-corrected chi connectivity index (χ0v) is 7.50. The molecule has 77 valence electrons. The van der Waals surface area contributed by atoms with Gasteiger partial charge in [0.1, 0.15) is 0 Å². The highest BCUT2D eigenvalue weighted by atomic mass is 19.2. The van der Waals surface area contributed by atoms with Gasteiger partial charge in [0.25, 0.3) is 0 Å². The average Bonchev–Trinajstić information content (AvgIpc) is 2.09. The maximum absolute atomic E-state index is 12.7. The van der Waals surface area contributed by atoms with E-state index in [1.165, 1.54) is 0 Å². The van der Waals surface area contributed by atoms with Crippen molar-refractivity contribution in [2.24, 2.45) is 0 Å². The van der Waals surface area contributed by atoms with Crippen LogP contribution in [0, 0.1) is 18.6 Å². The van der Waals surface area contributed by atoms with E-state index >= 15 is 0 Å². The van der Waals surface area contributed by atoms with Gasteiger partial charge < -0.3 is 10.2 Å². The number of halogens is 2. The molecule has 0 heterocycles. The van der Waals surface area contributed by atoms with Crippen LogP contribution in [0.25, 0.3) is 0 Å². The van der Waals surface area contributed by atoms with Crippen molar-refractivity contribution in [1.82, 2.24) is 0 Å². The first kappa shape index (κ1) is 11.1. The van der Waals surface area contributed by atoms with Crippen molar-refractivity contribution < 1.29 is 19.0 Å². The Kier molecular flexibility index (Phi) is 3.18.